The summed E-state index contributed by atoms with van der Waals surface area (Å²) < 4.78 is 28.6. The number of halogens is 1. The number of hydrogen-bond acceptors (Lipinski definition) is 10. The van der Waals surface area contributed by atoms with E-state index < -0.39 is 37.4 Å². The maximum atomic E-state index is 12.4. The number of nitrogens with zero attached hydrogens (tertiary/aromatic N) is 6. The molecule has 1 fully saturated rings. The van der Waals surface area contributed by atoms with Crippen LogP contribution in [0.3, 0.4) is 0 Å². The van der Waals surface area contributed by atoms with Crippen molar-refractivity contribution in [1.29, 1.82) is 0 Å². The Labute approximate surface area is 208 Å². The number of rotatable bonds is 6. The van der Waals surface area contributed by atoms with Crippen LogP contribution in [0.2, 0.25) is 5.02 Å². The number of aliphatic hydroxyl groups excluding tert-OH is 2. The van der Waals surface area contributed by atoms with Gasteiger partial charge in [-0.25, -0.2) is 15.0 Å². The number of fused-ring (bicyclic) bond motifs is 1. The van der Waals surface area contributed by atoms with E-state index in [-0.39, 0.29) is 11.5 Å². The van der Waals surface area contributed by atoms with E-state index in [2.05, 4.69) is 30.2 Å². The number of likely N-dealkylation sites (N-methyl/N-ethyl adjacent to an activating group) is 1. The second-order valence-corrected chi connectivity index (χ2v) is 8.17. The third-order valence-corrected chi connectivity index (χ3v) is 5.69. The van der Waals surface area contributed by atoms with Gasteiger partial charge in [0.15, 0.2) is 35.1 Å². The summed E-state index contributed by atoms with van der Waals surface area (Å²) in [6, 6.07) is 5.30. The van der Waals surface area contributed by atoms with Crippen molar-refractivity contribution in [3.8, 4) is 11.4 Å². The highest BCUT2D eigenvalue weighted by atomic mass is 35.5. The van der Waals surface area contributed by atoms with Gasteiger partial charge in [0.25, 0.3) is 5.91 Å². The van der Waals surface area contributed by atoms with Gasteiger partial charge < -0.3 is 25.6 Å². The van der Waals surface area contributed by atoms with Crippen LogP contribution in [0.4, 0.5) is 5.82 Å². The molecule has 1 amide bonds. The van der Waals surface area contributed by atoms with Crippen LogP contribution in [0.5, 0.6) is 0 Å². The predicted molar refractivity (Wildman–Crippen MR) is 125 cm³/mol. The molecule has 1 saturated heterocycles. The largest absolute Gasteiger partial charge is 0.387 e. The van der Waals surface area contributed by atoms with E-state index >= 15 is 0 Å². The summed E-state index contributed by atoms with van der Waals surface area (Å²) >= 11 is 6.12. The Balaban J connectivity index is 1.54. The molecular formula is C22H21ClN8O4. The van der Waals surface area contributed by atoms with Crippen LogP contribution in [0, 0.1) is 0 Å². The number of ether oxygens (including phenoxy) is 1. The fraction of sp³-hybridized carbons (Fsp3) is 0.273. The lowest BCUT2D eigenvalue weighted by atomic mass is 10.1. The number of carbonyl (C=O) groups excluding carboxylic acids is 1. The predicted octanol–water partition coefficient (Wildman–Crippen LogP) is 0.914. The van der Waals surface area contributed by atoms with Crippen LogP contribution in [-0.4, -0.2) is 70.9 Å². The number of amides is 1. The molecule has 4 aromatic heterocycles. The third-order valence-electron chi connectivity index (χ3n) is 5.49. The lowest BCUT2D eigenvalue weighted by Crippen LogP contribution is -2.41. The summed E-state index contributed by atoms with van der Waals surface area (Å²) in [6.07, 6.45) is 1.38. The number of aliphatic hydroxyl groups is 2. The summed E-state index contributed by atoms with van der Waals surface area (Å²) in [4.78, 5) is 34.0. The van der Waals surface area contributed by atoms with Gasteiger partial charge in [0.05, 0.1) is 11.3 Å². The maximum Gasteiger partial charge on any atom is 0.251 e. The zero-order valence-corrected chi connectivity index (χ0v) is 18.7. The third kappa shape index (κ3) is 4.39. The van der Waals surface area contributed by atoms with Crippen molar-refractivity contribution in [3.63, 3.8) is 0 Å². The Hall–Kier alpha value is -3.71. The quantitative estimate of drug-likeness (QED) is 0.300. The van der Waals surface area contributed by atoms with Crippen molar-refractivity contribution >= 4 is 34.5 Å². The molecule has 1 aliphatic heterocycles. The van der Waals surface area contributed by atoms with E-state index in [1.54, 1.807) is 23.8 Å². The van der Waals surface area contributed by atoms with Crippen LogP contribution < -0.4 is 10.6 Å². The van der Waals surface area contributed by atoms with E-state index in [1.165, 1.54) is 23.3 Å². The van der Waals surface area contributed by atoms with Gasteiger partial charge >= 0.3 is 0 Å². The Morgan fingerprint density at radius 3 is 2.83 bits per heavy atom. The fourth-order valence-electron chi connectivity index (χ4n) is 3.75. The van der Waals surface area contributed by atoms with Gasteiger partial charge in [-0.1, -0.05) is 11.6 Å². The zero-order valence-electron chi connectivity index (χ0n) is 20.9. The van der Waals surface area contributed by atoms with Crippen molar-refractivity contribution in [2.45, 2.75) is 31.1 Å². The minimum atomic E-state index is -2.80. The molecule has 5 heterocycles. The van der Waals surface area contributed by atoms with Crippen LogP contribution >= 0.6 is 11.6 Å². The molecule has 35 heavy (non-hydrogen) atoms. The van der Waals surface area contributed by atoms with Gasteiger partial charge in [-0.3, -0.25) is 19.3 Å². The van der Waals surface area contributed by atoms with Gasteiger partial charge in [0.2, 0.25) is 0 Å². The molecule has 180 valence electrons. The van der Waals surface area contributed by atoms with Gasteiger partial charge in [-0.05, 0) is 23.8 Å². The molecule has 0 bridgehead atoms. The molecule has 1 aliphatic rings. The smallest absolute Gasteiger partial charge is 0.251 e. The number of nitrogens with one attached hydrogen (secondary N) is 2. The van der Waals surface area contributed by atoms with E-state index in [0.717, 1.165) is 5.56 Å². The van der Waals surface area contributed by atoms with E-state index in [0.29, 0.717) is 28.5 Å². The first-order chi connectivity index (χ1) is 18.1. The number of anilines is 1. The average molecular weight is 500 g/mol. The Morgan fingerprint density at radius 1 is 1.23 bits per heavy atom. The summed E-state index contributed by atoms with van der Waals surface area (Å²) in [5.74, 6) is -0.509. The molecule has 0 aliphatic carbocycles. The van der Waals surface area contributed by atoms with Gasteiger partial charge in [-0.15, -0.1) is 0 Å². The molecule has 0 radical (unpaired) electrons. The number of imidazole rings is 1. The zero-order chi connectivity index (χ0) is 27.0. The fourth-order valence-corrected chi connectivity index (χ4v) is 3.93. The first-order valence-corrected chi connectivity index (χ1v) is 10.8. The SMILES string of the molecule is [2H]C([2H])([2H])NC(=O)[C@H]1O[C@@H](n2cnc3c(NCc4ccncc4)nc(-c4cncc(Cl)c4)nc32)[C@H](O)[C@@H]1O. The number of aromatic nitrogens is 6. The van der Waals surface area contributed by atoms with Crippen molar-refractivity contribution in [1.82, 2.24) is 34.8 Å². The summed E-state index contributed by atoms with van der Waals surface area (Å²) in [6.45, 7) is -2.42. The van der Waals surface area contributed by atoms with Gasteiger partial charge in [-0.2, -0.15) is 0 Å². The van der Waals surface area contributed by atoms with Crippen molar-refractivity contribution < 1.29 is 23.9 Å². The van der Waals surface area contributed by atoms with Crippen LogP contribution in [0.15, 0.2) is 49.3 Å². The molecular weight excluding hydrogens is 476 g/mol. The summed E-state index contributed by atoms with van der Waals surface area (Å²) in [7, 11) is 0. The molecule has 0 aromatic carbocycles. The lowest BCUT2D eigenvalue weighted by molar-refractivity contribution is -0.137. The van der Waals surface area contributed by atoms with Crippen molar-refractivity contribution in [3.05, 3.63) is 59.9 Å². The first-order valence-electron chi connectivity index (χ1n) is 11.9. The van der Waals surface area contributed by atoms with Crippen LogP contribution in [0.1, 0.15) is 15.9 Å². The number of pyridine rings is 2. The minimum absolute atomic E-state index is 0.209. The molecule has 0 saturated carbocycles. The summed E-state index contributed by atoms with van der Waals surface area (Å²) in [5, 5.41) is 26.5. The molecule has 4 N–H and O–H groups in total. The van der Waals surface area contributed by atoms with Gasteiger partial charge in [0, 0.05) is 48.0 Å². The first kappa shape index (κ1) is 19.6. The molecule has 0 spiro atoms. The van der Waals surface area contributed by atoms with E-state index in [9.17, 15) is 15.0 Å². The maximum absolute atomic E-state index is 12.4. The Morgan fingerprint density at radius 2 is 2.06 bits per heavy atom. The Bertz CT molecular complexity index is 1470. The molecule has 0 unspecified atom stereocenters. The topological polar surface area (TPSA) is 160 Å². The second-order valence-electron chi connectivity index (χ2n) is 7.74. The molecule has 12 nitrogen and oxygen atoms in total. The highest BCUT2D eigenvalue weighted by Gasteiger charge is 2.47. The number of hydrogen-bond donors (Lipinski definition) is 4. The number of carbonyl (C=O) groups is 1. The van der Waals surface area contributed by atoms with Crippen molar-refractivity contribution in [2.75, 3.05) is 12.3 Å². The normalized spacial score (nSPS) is 23.5. The highest BCUT2D eigenvalue weighted by molar-refractivity contribution is 6.30. The van der Waals surface area contributed by atoms with E-state index in [4.69, 9.17) is 20.5 Å². The molecule has 5 rings (SSSR count). The Kier molecular flexibility index (Phi) is 5.32. The summed E-state index contributed by atoms with van der Waals surface area (Å²) in [5.41, 5.74) is 1.96. The minimum Gasteiger partial charge on any atom is -0.387 e. The van der Waals surface area contributed by atoms with Crippen LogP contribution in [0.25, 0.3) is 22.6 Å². The highest BCUT2D eigenvalue weighted by Crippen LogP contribution is 2.33. The average Bonchev–Trinajstić information content (AvgIpc) is 3.43. The van der Waals surface area contributed by atoms with Crippen molar-refractivity contribution in [2.24, 2.45) is 0 Å². The molecule has 13 heteroatoms. The monoisotopic (exact) mass is 499 g/mol. The van der Waals surface area contributed by atoms with Gasteiger partial charge in [0.1, 0.15) is 12.2 Å². The molecule has 4 aromatic rings. The van der Waals surface area contributed by atoms with Crippen LogP contribution in [-0.2, 0) is 16.1 Å². The standard InChI is InChI=1S/C22H21ClN8O4/c1-24-21(34)17-15(32)16(33)22(35-17)31-10-28-14-19(27-7-11-2-4-25-5-3-11)29-18(30-20(14)31)12-6-13(23)9-26-8-12/h2-6,8-10,15-17,22,32-33H,7H2,1H3,(H,24,34)(H,27,29,30)/t15-,16+,17-,22+/m0/s1/i1D3. The van der Waals surface area contributed by atoms with E-state index in [1.807, 2.05) is 12.1 Å². The molecule has 4 atom stereocenters. The lowest BCUT2D eigenvalue weighted by Gasteiger charge is -2.17. The second kappa shape index (κ2) is 9.50.